The van der Waals surface area contributed by atoms with Gasteiger partial charge in [0.05, 0.1) is 0 Å². The molecule has 1 aliphatic heterocycles. The van der Waals surface area contributed by atoms with Crippen LogP contribution in [0.2, 0.25) is 5.02 Å². The lowest BCUT2D eigenvalue weighted by Crippen LogP contribution is -2.34. The maximum atomic E-state index is 5.93. The van der Waals surface area contributed by atoms with Gasteiger partial charge in [-0.25, -0.2) is 0 Å². The van der Waals surface area contributed by atoms with Crippen LogP contribution in [0.25, 0.3) is 0 Å². The first-order valence-electron chi connectivity index (χ1n) is 4.96. The standard InChI is InChI=1S/C11H15ClN2/c1-8(13)7-14-5-4-9-6-10(12)2-3-11(9)14/h2-3,6,8H,4-5,7,13H2,1H3. The van der Waals surface area contributed by atoms with Crippen molar-refractivity contribution >= 4 is 17.3 Å². The smallest absolute Gasteiger partial charge is 0.0410 e. The Kier molecular flexibility index (Phi) is 2.66. The molecule has 2 N–H and O–H groups in total. The molecule has 0 aliphatic carbocycles. The molecule has 0 bridgehead atoms. The summed E-state index contributed by atoms with van der Waals surface area (Å²) in [6.07, 6.45) is 1.09. The number of hydrogen-bond acceptors (Lipinski definition) is 2. The summed E-state index contributed by atoms with van der Waals surface area (Å²) >= 11 is 5.93. The van der Waals surface area contributed by atoms with Gasteiger partial charge in [0.2, 0.25) is 0 Å². The molecule has 14 heavy (non-hydrogen) atoms. The van der Waals surface area contributed by atoms with E-state index in [4.69, 9.17) is 17.3 Å². The Hall–Kier alpha value is -0.730. The quantitative estimate of drug-likeness (QED) is 0.810. The molecule has 1 unspecified atom stereocenters. The lowest BCUT2D eigenvalue weighted by Gasteiger charge is -2.21. The highest BCUT2D eigenvalue weighted by molar-refractivity contribution is 6.30. The molecule has 3 heteroatoms. The van der Waals surface area contributed by atoms with Crippen LogP contribution < -0.4 is 10.6 Å². The SMILES string of the molecule is CC(N)CN1CCc2cc(Cl)ccc21. The topological polar surface area (TPSA) is 29.3 Å². The van der Waals surface area contributed by atoms with Crippen molar-refractivity contribution < 1.29 is 0 Å². The molecule has 0 aromatic heterocycles. The highest BCUT2D eigenvalue weighted by atomic mass is 35.5. The molecule has 1 aromatic carbocycles. The normalized spacial score (nSPS) is 16.9. The fourth-order valence-electron chi connectivity index (χ4n) is 1.98. The lowest BCUT2D eigenvalue weighted by molar-refractivity contribution is 0.693. The Bertz CT molecular complexity index is 336. The highest BCUT2D eigenvalue weighted by Crippen LogP contribution is 2.30. The largest absolute Gasteiger partial charge is 0.369 e. The molecule has 1 heterocycles. The zero-order valence-corrected chi connectivity index (χ0v) is 9.09. The van der Waals surface area contributed by atoms with Crippen LogP contribution in [-0.2, 0) is 6.42 Å². The van der Waals surface area contributed by atoms with E-state index in [0.717, 1.165) is 24.5 Å². The third-order valence-corrected chi connectivity index (χ3v) is 2.78. The van der Waals surface area contributed by atoms with Crippen molar-refractivity contribution in [2.75, 3.05) is 18.0 Å². The van der Waals surface area contributed by atoms with Crippen molar-refractivity contribution in [3.8, 4) is 0 Å². The van der Waals surface area contributed by atoms with Crippen molar-refractivity contribution in [3.05, 3.63) is 28.8 Å². The average molecular weight is 211 g/mol. The molecule has 0 amide bonds. The van der Waals surface area contributed by atoms with E-state index in [0.29, 0.717) is 0 Å². The van der Waals surface area contributed by atoms with Crippen LogP contribution in [0.15, 0.2) is 18.2 Å². The third kappa shape index (κ3) is 1.86. The fraction of sp³-hybridized carbons (Fsp3) is 0.455. The molecule has 1 atom stereocenters. The molecule has 2 rings (SSSR count). The first kappa shape index (κ1) is 9.81. The zero-order chi connectivity index (χ0) is 10.1. The van der Waals surface area contributed by atoms with Crippen molar-refractivity contribution in [2.45, 2.75) is 19.4 Å². The van der Waals surface area contributed by atoms with Gasteiger partial charge >= 0.3 is 0 Å². The summed E-state index contributed by atoms with van der Waals surface area (Å²) in [5, 5.41) is 0.825. The van der Waals surface area contributed by atoms with E-state index in [1.165, 1.54) is 11.3 Å². The van der Waals surface area contributed by atoms with Gasteiger partial charge in [-0.05, 0) is 37.1 Å². The fourth-order valence-corrected chi connectivity index (χ4v) is 2.17. The van der Waals surface area contributed by atoms with Crippen LogP contribution in [0, 0.1) is 0 Å². The van der Waals surface area contributed by atoms with Crippen LogP contribution in [0.1, 0.15) is 12.5 Å². The van der Waals surface area contributed by atoms with Gasteiger partial charge in [-0.15, -0.1) is 0 Å². The van der Waals surface area contributed by atoms with E-state index in [-0.39, 0.29) is 6.04 Å². The second-order valence-corrected chi connectivity index (χ2v) is 4.38. The molecule has 0 saturated carbocycles. The second-order valence-electron chi connectivity index (χ2n) is 3.95. The minimum atomic E-state index is 0.219. The highest BCUT2D eigenvalue weighted by Gasteiger charge is 2.19. The van der Waals surface area contributed by atoms with E-state index < -0.39 is 0 Å². The Morgan fingerprint density at radius 2 is 2.36 bits per heavy atom. The van der Waals surface area contributed by atoms with Gasteiger partial charge in [-0.1, -0.05) is 11.6 Å². The van der Waals surface area contributed by atoms with Gasteiger partial charge < -0.3 is 10.6 Å². The number of benzene rings is 1. The summed E-state index contributed by atoms with van der Waals surface area (Å²) in [5.41, 5.74) is 8.43. The molecule has 0 saturated heterocycles. The van der Waals surface area contributed by atoms with Crippen molar-refractivity contribution in [2.24, 2.45) is 5.73 Å². The van der Waals surface area contributed by atoms with E-state index in [1.807, 2.05) is 13.0 Å². The Balaban J connectivity index is 2.22. The van der Waals surface area contributed by atoms with Gasteiger partial charge in [0.1, 0.15) is 0 Å². The van der Waals surface area contributed by atoms with E-state index in [2.05, 4.69) is 17.0 Å². The van der Waals surface area contributed by atoms with Gasteiger partial charge in [0.25, 0.3) is 0 Å². The van der Waals surface area contributed by atoms with Gasteiger partial charge in [-0.2, -0.15) is 0 Å². The first-order chi connectivity index (χ1) is 6.66. The number of rotatable bonds is 2. The minimum absolute atomic E-state index is 0.219. The molecule has 1 aromatic rings. The minimum Gasteiger partial charge on any atom is -0.369 e. The zero-order valence-electron chi connectivity index (χ0n) is 8.33. The number of anilines is 1. The maximum Gasteiger partial charge on any atom is 0.0410 e. The molecule has 0 spiro atoms. The van der Waals surface area contributed by atoms with Crippen molar-refractivity contribution in [1.29, 1.82) is 0 Å². The molecule has 0 radical (unpaired) electrons. The van der Waals surface area contributed by atoms with Crippen LogP contribution in [0.5, 0.6) is 0 Å². The summed E-state index contributed by atoms with van der Waals surface area (Å²) in [4.78, 5) is 2.33. The van der Waals surface area contributed by atoms with Crippen LogP contribution in [0.3, 0.4) is 0 Å². The maximum absolute atomic E-state index is 5.93. The summed E-state index contributed by atoms with van der Waals surface area (Å²) in [6.45, 7) is 4.03. The number of nitrogens with zero attached hydrogens (tertiary/aromatic N) is 1. The molecule has 1 aliphatic rings. The Labute approximate surface area is 89.7 Å². The predicted molar refractivity (Wildman–Crippen MR) is 61.0 cm³/mol. The van der Waals surface area contributed by atoms with Crippen molar-refractivity contribution in [3.63, 3.8) is 0 Å². The van der Waals surface area contributed by atoms with Crippen LogP contribution in [-0.4, -0.2) is 19.1 Å². The number of hydrogen-bond donors (Lipinski definition) is 1. The molecular formula is C11H15ClN2. The monoisotopic (exact) mass is 210 g/mol. The number of halogens is 1. The Morgan fingerprint density at radius 3 is 3.07 bits per heavy atom. The molecule has 0 fully saturated rings. The summed E-state index contributed by atoms with van der Waals surface area (Å²) < 4.78 is 0. The van der Waals surface area contributed by atoms with Gasteiger partial charge in [0.15, 0.2) is 0 Å². The van der Waals surface area contributed by atoms with E-state index in [1.54, 1.807) is 0 Å². The molecule has 76 valence electrons. The van der Waals surface area contributed by atoms with Gasteiger partial charge in [-0.3, -0.25) is 0 Å². The average Bonchev–Trinajstić information content (AvgIpc) is 2.47. The van der Waals surface area contributed by atoms with Gasteiger partial charge in [0, 0.05) is 29.8 Å². The number of fused-ring (bicyclic) bond motifs is 1. The van der Waals surface area contributed by atoms with E-state index >= 15 is 0 Å². The Morgan fingerprint density at radius 1 is 1.57 bits per heavy atom. The summed E-state index contributed by atoms with van der Waals surface area (Å²) in [7, 11) is 0. The summed E-state index contributed by atoms with van der Waals surface area (Å²) in [5.74, 6) is 0. The van der Waals surface area contributed by atoms with E-state index in [9.17, 15) is 0 Å². The second kappa shape index (κ2) is 3.79. The molecular weight excluding hydrogens is 196 g/mol. The predicted octanol–water partition coefficient (Wildman–Crippen LogP) is 2.05. The van der Waals surface area contributed by atoms with Crippen molar-refractivity contribution in [1.82, 2.24) is 0 Å². The summed E-state index contributed by atoms with van der Waals surface area (Å²) in [6, 6.07) is 6.31. The molecule has 2 nitrogen and oxygen atoms in total. The lowest BCUT2D eigenvalue weighted by atomic mass is 10.2. The van der Waals surface area contributed by atoms with Crippen LogP contribution >= 0.6 is 11.6 Å². The van der Waals surface area contributed by atoms with Crippen LogP contribution in [0.4, 0.5) is 5.69 Å². The third-order valence-electron chi connectivity index (χ3n) is 2.54. The first-order valence-corrected chi connectivity index (χ1v) is 5.33. The number of nitrogens with two attached hydrogens (primary N) is 1.